The molecule has 0 aliphatic heterocycles. The largest absolute Gasteiger partial charge is 0.394 e. The Hall–Kier alpha value is -3.03. The van der Waals surface area contributed by atoms with Gasteiger partial charge in [0.25, 0.3) is 5.91 Å². The monoisotopic (exact) mass is 387 g/mol. The smallest absolute Gasteiger partial charge is 0.276 e. The van der Waals surface area contributed by atoms with E-state index < -0.39 is 29.8 Å². The number of carbonyl (C=O) groups excluding carboxylic acids is 1. The van der Waals surface area contributed by atoms with Crippen molar-refractivity contribution in [1.29, 1.82) is 0 Å². The summed E-state index contributed by atoms with van der Waals surface area (Å²) < 4.78 is 14.4. The Balaban J connectivity index is 1.87. The fraction of sp³-hybridized carbons (Fsp3) is 0.105. The van der Waals surface area contributed by atoms with E-state index in [2.05, 4.69) is 10.4 Å². The van der Waals surface area contributed by atoms with Crippen LogP contribution in [0.3, 0.4) is 0 Å². The molecule has 0 fully saturated rings. The van der Waals surface area contributed by atoms with Crippen molar-refractivity contribution in [2.24, 2.45) is 0 Å². The molecule has 6 nitrogen and oxygen atoms in total. The first kappa shape index (κ1) is 18.8. The van der Waals surface area contributed by atoms with Gasteiger partial charge in [-0.3, -0.25) is 9.59 Å². The fourth-order valence-corrected chi connectivity index (χ4v) is 2.58. The third kappa shape index (κ3) is 4.39. The molecule has 0 bridgehead atoms. The zero-order valence-corrected chi connectivity index (χ0v) is 14.7. The highest BCUT2D eigenvalue weighted by molar-refractivity contribution is 6.30. The summed E-state index contributed by atoms with van der Waals surface area (Å²) in [7, 11) is 0. The van der Waals surface area contributed by atoms with Crippen molar-refractivity contribution in [3.05, 3.63) is 93.1 Å². The molecule has 0 saturated carbocycles. The molecule has 0 saturated heterocycles. The molecule has 2 N–H and O–H groups in total. The van der Waals surface area contributed by atoms with Gasteiger partial charge in [-0.1, -0.05) is 23.7 Å². The van der Waals surface area contributed by atoms with Crippen molar-refractivity contribution in [1.82, 2.24) is 15.1 Å². The van der Waals surface area contributed by atoms with Crippen LogP contribution in [0.15, 0.2) is 65.6 Å². The van der Waals surface area contributed by atoms with Gasteiger partial charge in [0.2, 0.25) is 5.43 Å². The Bertz CT molecular complexity index is 1000. The Labute approximate surface area is 158 Å². The molecule has 0 radical (unpaired) electrons. The van der Waals surface area contributed by atoms with Gasteiger partial charge in [0.15, 0.2) is 5.69 Å². The van der Waals surface area contributed by atoms with E-state index in [1.165, 1.54) is 41.2 Å². The van der Waals surface area contributed by atoms with E-state index in [0.717, 1.165) is 0 Å². The highest BCUT2D eigenvalue weighted by atomic mass is 35.5. The zero-order chi connectivity index (χ0) is 19.4. The van der Waals surface area contributed by atoms with E-state index in [0.29, 0.717) is 16.3 Å². The Morgan fingerprint density at radius 2 is 1.81 bits per heavy atom. The number of carbonyl (C=O) groups is 1. The molecule has 0 aliphatic rings. The topological polar surface area (TPSA) is 84.2 Å². The lowest BCUT2D eigenvalue weighted by Crippen LogP contribution is -2.35. The fourth-order valence-electron chi connectivity index (χ4n) is 2.46. The lowest BCUT2D eigenvalue weighted by atomic mass is 10.1. The predicted molar refractivity (Wildman–Crippen MR) is 98.5 cm³/mol. The van der Waals surface area contributed by atoms with Crippen LogP contribution in [0.4, 0.5) is 4.39 Å². The zero-order valence-electron chi connectivity index (χ0n) is 14.0. The summed E-state index contributed by atoms with van der Waals surface area (Å²) in [6, 6.07) is 12.5. The van der Waals surface area contributed by atoms with E-state index in [4.69, 9.17) is 11.6 Å². The molecule has 3 rings (SSSR count). The Kier molecular flexibility index (Phi) is 5.63. The second kappa shape index (κ2) is 8.11. The molecule has 1 amide bonds. The van der Waals surface area contributed by atoms with Crippen LogP contribution in [0.5, 0.6) is 0 Å². The van der Waals surface area contributed by atoms with Crippen LogP contribution in [0.2, 0.25) is 5.02 Å². The molecule has 0 aliphatic carbocycles. The molecule has 0 spiro atoms. The van der Waals surface area contributed by atoms with Crippen molar-refractivity contribution >= 4 is 17.5 Å². The van der Waals surface area contributed by atoms with Gasteiger partial charge in [0.1, 0.15) is 5.82 Å². The van der Waals surface area contributed by atoms with Gasteiger partial charge in [0.05, 0.1) is 18.3 Å². The van der Waals surface area contributed by atoms with E-state index >= 15 is 0 Å². The van der Waals surface area contributed by atoms with Crippen molar-refractivity contribution in [3.63, 3.8) is 0 Å². The van der Waals surface area contributed by atoms with Crippen LogP contribution in [-0.2, 0) is 0 Å². The lowest BCUT2D eigenvalue weighted by molar-refractivity contribution is 0.0908. The summed E-state index contributed by atoms with van der Waals surface area (Å²) in [5, 5.41) is 16.7. The number of hydrogen-bond acceptors (Lipinski definition) is 4. The minimum absolute atomic E-state index is 0.326. The summed E-state index contributed by atoms with van der Waals surface area (Å²) in [6.45, 7) is -0.421. The van der Waals surface area contributed by atoms with Crippen LogP contribution in [0, 0.1) is 5.82 Å². The molecule has 2 aromatic carbocycles. The number of nitrogens with zero attached hydrogens (tertiary/aromatic N) is 2. The Morgan fingerprint density at radius 3 is 2.44 bits per heavy atom. The average molecular weight is 388 g/mol. The maximum absolute atomic E-state index is 13.1. The normalized spacial score (nSPS) is 11.8. The average Bonchev–Trinajstić information content (AvgIpc) is 2.68. The summed E-state index contributed by atoms with van der Waals surface area (Å²) >= 11 is 5.86. The van der Waals surface area contributed by atoms with Crippen LogP contribution in [-0.4, -0.2) is 27.4 Å². The van der Waals surface area contributed by atoms with E-state index in [1.807, 2.05) is 0 Å². The van der Waals surface area contributed by atoms with Gasteiger partial charge in [-0.15, -0.1) is 0 Å². The van der Waals surface area contributed by atoms with Crippen LogP contribution >= 0.6 is 11.6 Å². The van der Waals surface area contributed by atoms with Gasteiger partial charge in [-0.25, -0.2) is 9.07 Å². The number of benzene rings is 2. The highest BCUT2D eigenvalue weighted by Gasteiger charge is 2.19. The van der Waals surface area contributed by atoms with Gasteiger partial charge >= 0.3 is 0 Å². The first-order valence-corrected chi connectivity index (χ1v) is 8.39. The second-order valence-corrected chi connectivity index (χ2v) is 6.15. The van der Waals surface area contributed by atoms with Crippen molar-refractivity contribution in [2.45, 2.75) is 6.04 Å². The standard InChI is InChI=1S/C19H15ClFN3O3/c20-13-3-7-15(8-4-13)24-10-9-17(26)18(23-24)19(27)22-16(11-25)12-1-5-14(21)6-2-12/h1-10,16,25H,11H2,(H,22,27). The number of amides is 1. The van der Waals surface area contributed by atoms with Gasteiger partial charge < -0.3 is 10.4 Å². The van der Waals surface area contributed by atoms with E-state index in [1.54, 1.807) is 24.3 Å². The highest BCUT2D eigenvalue weighted by Crippen LogP contribution is 2.14. The van der Waals surface area contributed by atoms with Gasteiger partial charge in [-0.05, 0) is 42.0 Å². The van der Waals surface area contributed by atoms with Gasteiger partial charge in [-0.2, -0.15) is 5.10 Å². The molecule has 138 valence electrons. The maximum Gasteiger partial charge on any atom is 0.276 e. The van der Waals surface area contributed by atoms with Crippen molar-refractivity contribution in [3.8, 4) is 5.69 Å². The SMILES string of the molecule is O=C(NC(CO)c1ccc(F)cc1)c1nn(-c2ccc(Cl)cc2)ccc1=O. The summed E-state index contributed by atoms with van der Waals surface area (Å²) in [6.07, 6.45) is 1.44. The molecule has 3 aromatic rings. The summed E-state index contributed by atoms with van der Waals surface area (Å²) in [4.78, 5) is 24.6. The van der Waals surface area contributed by atoms with Crippen molar-refractivity contribution < 1.29 is 14.3 Å². The molecule has 27 heavy (non-hydrogen) atoms. The Morgan fingerprint density at radius 1 is 1.15 bits per heavy atom. The quantitative estimate of drug-likeness (QED) is 0.704. The lowest BCUT2D eigenvalue weighted by Gasteiger charge is -2.16. The van der Waals surface area contributed by atoms with Crippen LogP contribution < -0.4 is 10.7 Å². The third-order valence-corrected chi connectivity index (χ3v) is 4.13. The van der Waals surface area contributed by atoms with Crippen LogP contribution in [0.25, 0.3) is 5.69 Å². The number of aliphatic hydroxyl groups excluding tert-OH is 1. The van der Waals surface area contributed by atoms with Crippen LogP contribution in [0.1, 0.15) is 22.1 Å². The first-order chi connectivity index (χ1) is 13.0. The molecule has 1 unspecified atom stereocenters. The maximum atomic E-state index is 13.1. The first-order valence-electron chi connectivity index (χ1n) is 8.01. The third-order valence-electron chi connectivity index (χ3n) is 3.87. The predicted octanol–water partition coefficient (Wildman–Crippen LogP) is 2.49. The number of rotatable bonds is 5. The second-order valence-electron chi connectivity index (χ2n) is 5.71. The van der Waals surface area contributed by atoms with Crippen molar-refractivity contribution in [2.75, 3.05) is 6.61 Å². The number of nitrogens with one attached hydrogen (secondary N) is 1. The molecule has 1 atom stereocenters. The molecule has 1 heterocycles. The molecule has 8 heteroatoms. The van der Waals surface area contributed by atoms with E-state index in [9.17, 15) is 19.1 Å². The van der Waals surface area contributed by atoms with E-state index in [-0.39, 0.29) is 5.69 Å². The summed E-state index contributed by atoms with van der Waals surface area (Å²) in [5.74, 6) is -1.18. The number of hydrogen-bond donors (Lipinski definition) is 2. The summed E-state index contributed by atoms with van der Waals surface area (Å²) in [5.41, 5.74) is 0.230. The number of aliphatic hydroxyl groups is 1. The minimum Gasteiger partial charge on any atom is -0.394 e. The number of aromatic nitrogens is 2. The molecular formula is C19H15ClFN3O3. The molecule has 1 aromatic heterocycles. The molecular weight excluding hydrogens is 373 g/mol. The number of halogens is 2. The van der Waals surface area contributed by atoms with Gasteiger partial charge in [0, 0.05) is 17.3 Å². The minimum atomic E-state index is -0.802.